The SMILES string of the molecule is C=CC(=O)N1CCN(C[C@@H](Oc2ccc3c(c2)CN(C(=O)OC(C)(C)C)CC3)c2ccc(C)c(F)c2)C[C@H]1C. The van der Waals surface area contributed by atoms with Crippen LogP contribution in [0.2, 0.25) is 0 Å². The van der Waals surface area contributed by atoms with Crippen molar-refractivity contribution in [3.63, 3.8) is 0 Å². The highest BCUT2D eigenvalue weighted by atomic mass is 19.1. The molecule has 2 aromatic carbocycles. The predicted molar refractivity (Wildman–Crippen MR) is 149 cm³/mol. The van der Waals surface area contributed by atoms with Gasteiger partial charge in [0.05, 0.1) is 0 Å². The fraction of sp³-hybridized carbons (Fsp3) is 0.484. The Kier molecular flexibility index (Phi) is 8.64. The summed E-state index contributed by atoms with van der Waals surface area (Å²) in [5.41, 5.74) is 2.98. The van der Waals surface area contributed by atoms with Crippen molar-refractivity contribution < 1.29 is 23.5 Å². The molecule has 0 unspecified atom stereocenters. The lowest BCUT2D eigenvalue weighted by molar-refractivity contribution is -0.130. The van der Waals surface area contributed by atoms with Gasteiger partial charge in [-0.1, -0.05) is 24.8 Å². The van der Waals surface area contributed by atoms with Crippen LogP contribution in [0.25, 0.3) is 0 Å². The largest absolute Gasteiger partial charge is 0.484 e. The predicted octanol–water partition coefficient (Wildman–Crippen LogP) is 5.27. The molecule has 2 heterocycles. The van der Waals surface area contributed by atoms with Crippen molar-refractivity contribution in [3.8, 4) is 5.75 Å². The number of hydrogen-bond donors (Lipinski definition) is 0. The highest BCUT2D eigenvalue weighted by molar-refractivity contribution is 5.87. The lowest BCUT2D eigenvalue weighted by atomic mass is 9.99. The van der Waals surface area contributed by atoms with E-state index in [1.807, 2.05) is 56.9 Å². The molecule has 4 rings (SSSR count). The number of piperazine rings is 1. The summed E-state index contributed by atoms with van der Waals surface area (Å²) < 4.78 is 26.7. The van der Waals surface area contributed by atoms with Gasteiger partial charge in [0.15, 0.2) is 0 Å². The van der Waals surface area contributed by atoms with Gasteiger partial charge in [-0.05, 0) is 87.6 Å². The summed E-state index contributed by atoms with van der Waals surface area (Å²) >= 11 is 0. The molecule has 1 fully saturated rings. The third kappa shape index (κ3) is 7.18. The lowest BCUT2D eigenvalue weighted by Gasteiger charge is -2.40. The summed E-state index contributed by atoms with van der Waals surface area (Å²) in [6, 6.07) is 11.2. The van der Waals surface area contributed by atoms with Crippen molar-refractivity contribution in [1.82, 2.24) is 14.7 Å². The van der Waals surface area contributed by atoms with E-state index in [0.29, 0.717) is 50.6 Å². The number of benzene rings is 2. The second kappa shape index (κ2) is 11.8. The first kappa shape index (κ1) is 28.6. The number of aryl methyl sites for hydroxylation is 1. The van der Waals surface area contributed by atoms with Crippen LogP contribution in [-0.4, -0.2) is 71.1 Å². The maximum atomic E-state index is 14.6. The Bertz CT molecular complexity index is 1220. The van der Waals surface area contributed by atoms with E-state index in [2.05, 4.69) is 11.5 Å². The molecule has 7 nitrogen and oxygen atoms in total. The van der Waals surface area contributed by atoms with Gasteiger partial charge < -0.3 is 19.3 Å². The van der Waals surface area contributed by atoms with Crippen LogP contribution in [0, 0.1) is 12.7 Å². The van der Waals surface area contributed by atoms with Crippen molar-refractivity contribution >= 4 is 12.0 Å². The van der Waals surface area contributed by atoms with Crippen LogP contribution >= 0.6 is 0 Å². The van der Waals surface area contributed by atoms with Crippen LogP contribution < -0.4 is 4.74 Å². The minimum Gasteiger partial charge on any atom is -0.484 e. The minimum absolute atomic E-state index is 0.0298. The van der Waals surface area contributed by atoms with Crippen molar-refractivity contribution in [1.29, 1.82) is 0 Å². The Morgan fingerprint density at radius 1 is 1.13 bits per heavy atom. The molecule has 2 aliphatic rings. The smallest absolute Gasteiger partial charge is 0.410 e. The standard InChI is InChI=1S/C31H40FN3O4/c1-7-29(36)35-15-14-33(18-22(35)3)20-28(24-9-8-21(2)27(32)17-24)38-26-11-10-23-12-13-34(19-25(23)16-26)30(37)39-31(4,5)6/h7-11,16-17,22,28H,1,12-15,18-20H2,2-6H3/t22-,28-/m1/s1. The van der Waals surface area contributed by atoms with Gasteiger partial charge in [-0.25, -0.2) is 9.18 Å². The summed E-state index contributed by atoms with van der Waals surface area (Å²) in [4.78, 5) is 30.6. The number of amides is 2. The molecule has 0 radical (unpaired) electrons. The van der Waals surface area contributed by atoms with Gasteiger partial charge in [0.2, 0.25) is 5.91 Å². The minimum atomic E-state index is -0.555. The van der Waals surface area contributed by atoms with E-state index in [-0.39, 0.29) is 23.9 Å². The number of rotatable bonds is 6. The second-order valence-electron chi connectivity index (χ2n) is 11.5. The van der Waals surface area contributed by atoms with E-state index in [1.54, 1.807) is 24.0 Å². The molecule has 0 saturated carbocycles. The molecular formula is C31H40FN3O4. The maximum absolute atomic E-state index is 14.6. The van der Waals surface area contributed by atoms with Crippen molar-refractivity contribution in [2.75, 3.05) is 32.7 Å². The number of ether oxygens (including phenoxy) is 2. The van der Waals surface area contributed by atoms with Crippen LogP contribution in [0.3, 0.4) is 0 Å². The molecule has 0 aliphatic carbocycles. The van der Waals surface area contributed by atoms with Gasteiger partial charge in [0.1, 0.15) is 23.3 Å². The summed E-state index contributed by atoms with van der Waals surface area (Å²) in [5, 5.41) is 0. The van der Waals surface area contributed by atoms with Crippen LogP contribution in [-0.2, 0) is 22.5 Å². The summed E-state index contributed by atoms with van der Waals surface area (Å²) in [5.74, 6) is 0.332. The molecular weight excluding hydrogens is 497 g/mol. The average molecular weight is 538 g/mol. The first-order chi connectivity index (χ1) is 18.4. The molecule has 8 heteroatoms. The van der Waals surface area contributed by atoms with E-state index < -0.39 is 11.7 Å². The Morgan fingerprint density at radius 2 is 1.90 bits per heavy atom. The molecule has 0 bridgehead atoms. The Hall–Kier alpha value is -3.39. The van der Waals surface area contributed by atoms with Crippen molar-refractivity contribution in [3.05, 3.63) is 77.1 Å². The molecule has 210 valence electrons. The maximum Gasteiger partial charge on any atom is 0.410 e. The van der Waals surface area contributed by atoms with Crippen LogP contribution in [0.15, 0.2) is 49.1 Å². The highest BCUT2D eigenvalue weighted by Gasteiger charge is 2.30. The number of carbonyl (C=O) groups is 2. The fourth-order valence-corrected chi connectivity index (χ4v) is 5.15. The number of carbonyl (C=O) groups excluding carboxylic acids is 2. The highest BCUT2D eigenvalue weighted by Crippen LogP contribution is 2.30. The molecule has 0 aromatic heterocycles. The quantitative estimate of drug-likeness (QED) is 0.470. The van der Waals surface area contributed by atoms with E-state index >= 15 is 0 Å². The number of fused-ring (bicyclic) bond motifs is 1. The molecule has 0 N–H and O–H groups in total. The number of halogens is 1. The zero-order valence-corrected chi connectivity index (χ0v) is 23.7. The zero-order chi connectivity index (χ0) is 28.3. The third-order valence-electron chi connectivity index (χ3n) is 7.28. The summed E-state index contributed by atoms with van der Waals surface area (Å²) in [6.45, 7) is 16.5. The van der Waals surface area contributed by atoms with Crippen LogP contribution in [0.4, 0.5) is 9.18 Å². The monoisotopic (exact) mass is 537 g/mol. The van der Waals surface area contributed by atoms with Gasteiger partial charge in [-0.2, -0.15) is 0 Å². The van der Waals surface area contributed by atoms with Crippen LogP contribution in [0.1, 0.15) is 56.1 Å². The van der Waals surface area contributed by atoms with E-state index in [4.69, 9.17) is 9.47 Å². The molecule has 39 heavy (non-hydrogen) atoms. The number of nitrogens with zero attached hydrogens (tertiary/aromatic N) is 3. The van der Waals surface area contributed by atoms with Gasteiger partial charge in [-0.3, -0.25) is 9.69 Å². The van der Waals surface area contributed by atoms with Gasteiger partial charge in [-0.15, -0.1) is 0 Å². The Balaban J connectivity index is 1.53. The van der Waals surface area contributed by atoms with Gasteiger partial charge in [0, 0.05) is 45.3 Å². The van der Waals surface area contributed by atoms with E-state index in [9.17, 15) is 14.0 Å². The molecule has 2 aliphatic heterocycles. The van der Waals surface area contributed by atoms with E-state index in [1.165, 1.54) is 11.6 Å². The normalized spacial score (nSPS) is 18.8. The summed E-state index contributed by atoms with van der Waals surface area (Å²) in [6.07, 6.45) is 1.36. The topological polar surface area (TPSA) is 62.3 Å². The first-order valence-electron chi connectivity index (χ1n) is 13.6. The van der Waals surface area contributed by atoms with E-state index in [0.717, 1.165) is 17.5 Å². The molecule has 2 aromatic rings. The number of hydrogen-bond acceptors (Lipinski definition) is 5. The van der Waals surface area contributed by atoms with Gasteiger partial charge >= 0.3 is 6.09 Å². The molecule has 1 saturated heterocycles. The molecule has 0 spiro atoms. The second-order valence-corrected chi connectivity index (χ2v) is 11.5. The van der Waals surface area contributed by atoms with Crippen molar-refractivity contribution in [2.45, 2.75) is 65.3 Å². The van der Waals surface area contributed by atoms with Gasteiger partial charge in [0.25, 0.3) is 0 Å². The Labute approximate surface area is 231 Å². The zero-order valence-electron chi connectivity index (χ0n) is 23.7. The lowest BCUT2D eigenvalue weighted by Crippen LogP contribution is -2.54. The average Bonchev–Trinajstić information content (AvgIpc) is 2.88. The van der Waals surface area contributed by atoms with Crippen LogP contribution in [0.5, 0.6) is 5.75 Å². The molecule has 2 amide bonds. The summed E-state index contributed by atoms with van der Waals surface area (Å²) in [7, 11) is 0. The molecule has 2 atom stereocenters. The Morgan fingerprint density at radius 3 is 2.56 bits per heavy atom. The van der Waals surface area contributed by atoms with Crippen molar-refractivity contribution in [2.24, 2.45) is 0 Å². The fourth-order valence-electron chi connectivity index (χ4n) is 5.15. The first-order valence-corrected chi connectivity index (χ1v) is 13.6. The third-order valence-corrected chi connectivity index (χ3v) is 7.28.